The highest BCUT2D eigenvalue weighted by Crippen LogP contribution is 2.27. The van der Waals surface area contributed by atoms with Gasteiger partial charge in [0.05, 0.1) is 21.3 Å². The first-order valence-electron chi connectivity index (χ1n) is 4.76. The fraction of sp³-hybridized carbons (Fsp3) is 0.500. The number of amides is 1. The van der Waals surface area contributed by atoms with E-state index in [0.29, 0.717) is 4.88 Å². The van der Waals surface area contributed by atoms with E-state index < -0.39 is 0 Å². The fourth-order valence-corrected chi connectivity index (χ4v) is 2.54. The van der Waals surface area contributed by atoms with Crippen LogP contribution in [0.3, 0.4) is 0 Å². The molecule has 0 aliphatic rings. The van der Waals surface area contributed by atoms with Gasteiger partial charge in [0.1, 0.15) is 0 Å². The topological polar surface area (TPSA) is 49.3 Å². The molecule has 1 amide bonds. The maximum absolute atomic E-state index is 11.7. The van der Waals surface area contributed by atoms with E-state index in [-0.39, 0.29) is 18.6 Å². The van der Waals surface area contributed by atoms with Gasteiger partial charge in [-0.1, -0.05) is 6.92 Å². The lowest BCUT2D eigenvalue weighted by atomic mass is 10.2. The smallest absolute Gasteiger partial charge is 0.261 e. The van der Waals surface area contributed by atoms with Gasteiger partial charge in [-0.2, -0.15) is 0 Å². The molecule has 0 bridgehead atoms. The second kappa shape index (κ2) is 5.63. The van der Waals surface area contributed by atoms with Crippen LogP contribution in [0.1, 0.15) is 28.6 Å². The van der Waals surface area contributed by atoms with E-state index in [1.54, 1.807) is 0 Å². The molecule has 0 fully saturated rings. The molecule has 1 heterocycles. The molecule has 1 aromatic heterocycles. The van der Waals surface area contributed by atoms with Crippen molar-refractivity contribution in [2.24, 2.45) is 0 Å². The Morgan fingerprint density at radius 3 is 2.80 bits per heavy atom. The lowest BCUT2D eigenvalue weighted by Gasteiger charge is -2.12. The Balaban J connectivity index is 2.68. The molecule has 0 radical (unpaired) electrons. The first-order chi connectivity index (χ1) is 7.08. The van der Waals surface area contributed by atoms with Gasteiger partial charge in [-0.05, 0) is 40.9 Å². The van der Waals surface area contributed by atoms with Crippen LogP contribution in [0, 0.1) is 6.92 Å². The van der Waals surface area contributed by atoms with E-state index in [0.717, 1.165) is 15.8 Å². The molecule has 0 aliphatic heterocycles. The monoisotopic (exact) mass is 291 g/mol. The summed E-state index contributed by atoms with van der Waals surface area (Å²) in [7, 11) is 0. The normalized spacial score (nSPS) is 12.5. The van der Waals surface area contributed by atoms with Crippen molar-refractivity contribution in [1.29, 1.82) is 0 Å². The lowest BCUT2D eigenvalue weighted by Crippen LogP contribution is -2.36. The molecule has 1 atom stereocenters. The quantitative estimate of drug-likeness (QED) is 0.894. The molecular weight excluding hydrogens is 278 g/mol. The minimum atomic E-state index is -0.154. The van der Waals surface area contributed by atoms with Crippen molar-refractivity contribution in [2.75, 3.05) is 6.61 Å². The van der Waals surface area contributed by atoms with E-state index in [4.69, 9.17) is 5.11 Å². The van der Waals surface area contributed by atoms with Crippen LogP contribution in [-0.2, 0) is 0 Å². The third-order valence-corrected chi connectivity index (χ3v) is 4.26. The van der Waals surface area contributed by atoms with Gasteiger partial charge in [0.15, 0.2) is 0 Å². The molecule has 0 aromatic carbocycles. The van der Waals surface area contributed by atoms with Crippen LogP contribution in [0.4, 0.5) is 0 Å². The van der Waals surface area contributed by atoms with E-state index in [1.807, 2.05) is 19.9 Å². The first-order valence-corrected chi connectivity index (χ1v) is 6.37. The van der Waals surface area contributed by atoms with Crippen molar-refractivity contribution in [3.05, 3.63) is 20.3 Å². The average Bonchev–Trinajstić information content (AvgIpc) is 2.55. The Morgan fingerprint density at radius 1 is 1.73 bits per heavy atom. The molecule has 5 heteroatoms. The lowest BCUT2D eigenvalue weighted by molar-refractivity contribution is 0.0919. The average molecular weight is 292 g/mol. The Morgan fingerprint density at radius 2 is 2.40 bits per heavy atom. The summed E-state index contributed by atoms with van der Waals surface area (Å²) in [5, 5.41) is 11.7. The van der Waals surface area contributed by atoms with Gasteiger partial charge in [0, 0.05) is 0 Å². The summed E-state index contributed by atoms with van der Waals surface area (Å²) >= 11 is 4.78. The molecule has 1 rings (SSSR count). The fourth-order valence-electron chi connectivity index (χ4n) is 1.11. The maximum atomic E-state index is 11.7. The Kier molecular flexibility index (Phi) is 4.76. The summed E-state index contributed by atoms with van der Waals surface area (Å²) in [6.07, 6.45) is 0.730. The molecule has 0 saturated carbocycles. The van der Waals surface area contributed by atoms with Crippen LogP contribution >= 0.6 is 27.3 Å². The Labute approximate surface area is 102 Å². The van der Waals surface area contributed by atoms with E-state index >= 15 is 0 Å². The van der Waals surface area contributed by atoms with Crippen molar-refractivity contribution in [2.45, 2.75) is 26.3 Å². The third-order valence-electron chi connectivity index (χ3n) is 2.13. The minimum absolute atomic E-state index is 0.0201. The van der Waals surface area contributed by atoms with Crippen molar-refractivity contribution >= 4 is 33.2 Å². The third kappa shape index (κ3) is 3.29. The molecule has 1 aromatic rings. The second-order valence-electron chi connectivity index (χ2n) is 3.33. The number of rotatable bonds is 4. The number of aliphatic hydroxyl groups excluding tert-OH is 1. The predicted molar refractivity (Wildman–Crippen MR) is 65.4 cm³/mol. The second-order valence-corrected chi connectivity index (χ2v) is 5.70. The molecule has 0 aliphatic carbocycles. The SMILES string of the molecule is CCC(CO)NC(=O)c1cc(C)c(Br)s1. The van der Waals surface area contributed by atoms with Crippen LogP contribution < -0.4 is 5.32 Å². The standard InChI is InChI=1S/C10H14BrNO2S/c1-3-7(5-13)12-10(14)8-4-6(2)9(11)15-8/h4,7,13H,3,5H2,1-2H3,(H,12,14). The van der Waals surface area contributed by atoms with Crippen LogP contribution in [0.15, 0.2) is 9.85 Å². The molecule has 84 valence electrons. The Hall–Kier alpha value is -0.390. The van der Waals surface area contributed by atoms with Crippen LogP contribution in [0.25, 0.3) is 0 Å². The number of aliphatic hydroxyl groups is 1. The number of aryl methyl sites for hydroxylation is 1. The molecule has 0 saturated heterocycles. The predicted octanol–water partition coefficient (Wildman–Crippen LogP) is 2.32. The molecule has 15 heavy (non-hydrogen) atoms. The zero-order chi connectivity index (χ0) is 11.4. The number of halogens is 1. The van der Waals surface area contributed by atoms with Crippen LogP contribution in [-0.4, -0.2) is 23.7 Å². The van der Waals surface area contributed by atoms with Gasteiger partial charge in [-0.3, -0.25) is 4.79 Å². The van der Waals surface area contributed by atoms with Crippen molar-refractivity contribution < 1.29 is 9.90 Å². The van der Waals surface area contributed by atoms with Gasteiger partial charge in [0.25, 0.3) is 5.91 Å². The molecule has 1 unspecified atom stereocenters. The first kappa shape index (κ1) is 12.7. The zero-order valence-corrected chi connectivity index (χ0v) is 11.1. The van der Waals surface area contributed by atoms with Crippen molar-refractivity contribution in [1.82, 2.24) is 5.32 Å². The maximum Gasteiger partial charge on any atom is 0.261 e. The number of carbonyl (C=O) groups is 1. The van der Waals surface area contributed by atoms with Crippen molar-refractivity contribution in [3.8, 4) is 0 Å². The summed E-state index contributed by atoms with van der Waals surface area (Å²) in [4.78, 5) is 12.4. The summed E-state index contributed by atoms with van der Waals surface area (Å²) in [5.41, 5.74) is 1.06. The summed E-state index contributed by atoms with van der Waals surface area (Å²) in [5.74, 6) is -0.116. The van der Waals surface area contributed by atoms with Gasteiger partial charge >= 0.3 is 0 Å². The van der Waals surface area contributed by atoms with E-state index in [9.17, 15) is 4.79 Å². The molecule has 2 N–H and O–H groups in total. The highest BCUT2D eigenvalue weighted by atomic mass is 79.9. The highest BCUT2D eigenvalue weighted by Gasteiger charge is 2.14. The number of hydrogen-bond donors (Lipinski definition) is 2. The zero-order valence-electron chi connectivity index (χ0n) is 8.71. The number of carbonyl (C=O) groups excluding carboxylic acids is 1. The summed E-state index contributed by atoms with van der Waals surface area (Å²) in [6.45, 7) is 3.85. The molecular formula is C10H14BrNO2S. The van der Waals surface area contributed by atoms with Crippen molar-refractivity contribution in [3.63, 3.8) is 0 Å². The van der Waals surface area contributed by atoms with E-state index in [1.165, 1.54) is 11.3 Å². The largest absolute Gasteiger partial charge is 0.394 e. The van der Waals surface area contributed by atoms with Crippen LogP contribution in [0.5, 0.6) is 0 Å². The summed E-state index contributed by atoms with van der Waals surface area (Å²) < 4.78 is 0.977. The number of thiophene rings is 1. The van der Waals surface area contributed by atoms with Gasteiger partial charge in [-0.15, -0.1) is 11.3 Å². The Bertz CT molecular complexity index is 328. The van der Waals surface area contributed by atoms with Gasteiger partial charge in [-0.25, -0.2) is 0 Å². The number of hydrogen-bond acceptors (Lipinski definition) is 3. The van der Waals surface area contributed by atoms with Crippen LogP contribution in [0.2, 0.25) is 0 Å². The highest BCUT2D eigenvalue weighted by molar-refractivity contribution is 9.11. The van der Waals surface area contributed by atoms with Gasteiger partial charge < -0.3 is 10.4 Å². The summed E-state index contributed by atoms with van der Waals surface area (Å²) in [6, 6.07) is 1.69. The minimum Gasteiger partial charge on any atom is -0.394 e. The van der Waals surface area contributed by atoms with Gasteiger partial charge in [0.2, 0.25) is 0 Å². The van der Waals surface area contributed by atoms with E-state index in [2.05, 4.69) is 21.2 Å². The molecule has 3 nitrogen and oxygen atoms in total. The number of nitrogens with one attached hydrogen (secondary N) is 1. The molecule has 0 spiro atoms.